The summed E-state index contributed by atoms with van der Waals surface area (Å²) < 4.78 is 11.3. The van der Waals surface area contributed by atoms with Gasteiger partial charge in [0.1, 0.15) is 0 Å². The Kier molecular flexibility index (Phi) is 4.68. The van der Waals surface area contributed by atoms with Crippen LogP contribution in [0.1, 0.15) is 22.4 Å². The second kappa shape index (κ2) is 6.69. The van der Waals surface area contributed by atoms with E-state index in [-0.39, 0.29) is 0 Å². The molecule has 0 saturated heterocycles. The van der Waals surface area contributed by atoms with E-state index in [1.54, 1.807) is 11.3 Å². The molecule has 112 valence electrons. The average molecular weight is 324 g/mol. The maximum absolute atomic E-state index is 6.29. The van der Waals surface area contributed by atoms with Crippen molar-refractivity contribution >= 4 is 22.9 Å². The molecule has 0 unspecified atom stereocenters. The number of rotatable bonds is 4. The quantitative estimate of drug-likeness (QED) is 0.916. The highest BCUT2D eigenvalue weighted by Crippen LogP contribution is 2.37. The molecule has 3 rings (SSSR count). The van der Waals surface area contributed by atoms with Crippen molar-refractivity contribution in [3.8, 4) is 11.5 Å². The molecule has 5 heteroatoms. The third-order valence-corrected chi connectivity index (χ3v) is 4.75. The second-order valence-corrected chi connectivity index (χ2v) is 6.49. The molecule has 0 spiro atoms. The fourth-order valence-electron chi connectivity index (χ4n) is 2.29. The van der Waals surface area contributed by atoms with Crippen LogP contribution in [0.15, 0.2) is 23.6 Å². The number of thiophene rings is 1. The van der Waals surface area contributed by atoms with Crippen molar-refractivity contribution in [1.82, 2.24) is 5.32 Å². The maximum atomic E-state index is 6.29. The first kappa shape index (κ1) is 14.7. The fourth-order valence-corrected chi connectivity index (χ4v) is 3.46. The number of aryl methyl sites for hydroxylation is 1. The van der Waals surface area contributed by atoms with Crippen LogP contribution in [-0.4, -0.2) is 13.2 Å². The highest BCUT2D eigenvalue weighted by Gasteiger charge is 2.15. The van der Waals surface area contributed by atoms with Gasteiger partial charge in [-0.25, -0.2) is 0 Å². The molecule has 1 aromatic heterocycles. The van der Waals surface area contributed by atoms with Crippen molar-refractivity contribution < 1.29 is 9.47 Å². The van der Waals surface area contributed by atoms with Gasteiger partial charge in [0.05, 0.1) is 18.2 Å². The zero-order valence-corrected chi connectivity index (χ0v) is 13.5. The van der Waals surface area contributed by atoms with Gasteiger partial charge in [0.15, 0.2) is 11.5 Å². The third kappa shape index (κ3) is 3.51. The number of nitrogens with one attached hydrogen (secondary N) is 1. The zero-order chi connectivity index (χ0) is 14.7. The highest BCUT2D eigenvalue weighted by atomic mass is 35.5. The van der Waals surface area contributed by atoms with E-state index in [0.717, 1.165) is 30.8 Å². The van der Waals surface area contributed by atoms with Gasteiger partial charge in [-0.2, -0.15) is 0 Å². The molecular formula is C16H18ClNO2S. The molecule has 1 aliphatic rings. The van der Waals surface area contributed by atoms with Crippen LogP contribution in [0.25, 0.3) is 0 Å². The zero-order valence-electron chi connectivity index (χ0n) is 11.9. The van der Waals surface area contributed by atoms with Gasteiger partial charge in [-0.3, -0.25) is 0 Å². The van der Waals surface area contributed by atoms with E-state index in [9.17, 15) is 0 Å². The smallest absolute Gasteiger partial charge is 0.179 e. The minimum absolute atomic E-state index is 0.624. The molecule has 0 amide bonds. The monoisotopic (exact) mass is 323 g/mol. The molecule has 2 aromatic rings. The molecule has 21 heavy (non-hydrogen) atoms. The minimum Gasteiger partial charge on any atom is -0.489 e. The van der Waals surface area contributed by atoms with E-state index in [2.05, 4.69) is 23.7 Å². The Hall–Kier alpha value is -1.23. The van der Waals surface area contributed by atoms with E-state index in [1.165, 1.54) is 10.4 Å². The molecule has 2 heterocycles. The molecule has 0 bridgehead atoms. The molecule has 0 atom stereocenters. The SMILES string of the molecule is Cc1ccsc1CNCc1cc(Cl)c2c(c1)OCCCO2. The molecule has 0 fully saturated rings. The Bertz CT molecular complexity index is 627. The van der Waals surface area contributed by atoms with Gasteiger partial charge in [-0.05, 0) is 41.6 Å². The van der Waals surface area contributed by atoms with Gasteiger partial charge in [-0.15, -0.1) is 11.3 Å². The molecule has 1 aromatic carbocycles. The summed E-state index contributed by atoms with van der Waals surface area (Å²) in [6, 6.07) is 6.11. The van der Waals surface area contributed by atoms with Crippen LogP contribution < -0.4 is 14.8 Å². The van der Waals surface area contributed by atoms with Crippen LogP contribution >= 0.6 is 22.9 Å². The van der Waals surface area contributed by atoms with Gasteiger partial charge in [0.25, 0.3) is 0 Å². The largest absolute Gasteiger partial charge is 0.489 e. The van der Waals surface area contributed by atoms with E-state index >= 15 is 0 Å². The van der Waals surface area contributed by atoms with Crippen molar-refractivity contribution in [2.75, 3.05) is 13.2 Å². The summed E-state index contributed by atoms with van der Waals surface area (Å²) in [5.74, 6) is 1.43. The van der Waals surface area contributed by atoms with Gasteiger partial charge in [-0.1, -0.05) is 11.6 Å². The Labute approximate surface area is 133 Å². The Morgan fingerprint density at radius 1 is 1.24 bits per heavy atom. The first-order chi connectivity index (χ1) is 10.2. The predicted octanol–water partition coefficient (Wildman–Crippen LogP) is 4.16. The van der Waals surface area contributed by atoms with Gasteiger partial charge < -0.3 is 14.8 Å². The average Bonchev–Trinajstić information content (AvgIpc) is 2.73. The Morgan fingerprint density at radius 3 is 2.90 bits per heavy atom. The number of fused-ring (bicyclic) bond motifs is 1. The van der Waals surface area contributed by atoms with Crippen molar-refractivity contribution in [3.05, 3.63) is 44.6 Å². The van der Waals surface area contributed by atoms with Crippen molar-refractivity contribution in [1.29, 1.82) is 0 Å². The van der Waals surface area contributed by atoms with Crippen LogP contribution in [0.4, 0.5) is 0 Å². The summed E-state index contributed by atoms with van der Waals surface area (Å²) in [7, 11) is 0. The summed E-state index contributed by atoms with van der Waals surface area (Å²) in [5.41, 5.74) is 2.45. The highest BCUT2D eigenvalue weighted by molar-refractivity contribution is 7.10. The Morgan fingerprint density at radius 2 is 2.10 bits per heavy atom. The Balaban J connectivity index is 1.67. The summed E-state index contributed by atoms with van der Waals surface area (Å²) in [5, 5.41) is 6.20. The lowest BCUT2D eigenvalue weighted by atomic mass is 10.2. The fraction of sp³-hybridized carbons (Fsp3) is 0.375. The molecule has 0 radical (unpaired) electrons. The van der Waals surface area contributed by atoms with Crippen molar-refractivity contribution in [2.24, 2.45) is 0 Å². The number of halogens is 1. The lowest BCUT2D eigenvalue weighted by Gasteiger charge is -2.12. The van der Waals surface area contributed by atoms with E-state index in [4.69, 9.17) is 21.1 Å². The van der Waals surface area contributed by atoms with E-state index in [0.29, 0.717) is 24.0 Å². The number of hydrogen-bond acceptors (Lipinski definition) is 4. The van der Waals surface area contributed by atoms with Crippen LogP contribution in [-0.2, 0) is 13.1 Å². The van der Waals surface area contributed by atoms with Crippen molar-refractivity contribution in [3.63, 3.8) is 0 Å². The summed E-state index contributed by atoms with van der Waals surface area (Å²) in [6.45, 7) is 5.10. The summed E-state index contributed by atoms with van der Waals surface area (Å²) in [4.78, 5) is 1.37. The van der Waals surface area contributed by atoms with Crippen LogP contribution in [0.5, 0.6) is 11.5 Å². The topological polar surface area (TPSA) is 30.5 Å². The molecule has 1 N–H and O–H groups in total. The van der Waals surface area contributed by atoms with Crippen LogP contribution in [0, 0.1) is 6.92 Å². The minimum atomic E-state index is 0.624. The first-order valence-electron chi connectivity index (χ1n) is 7.06. The van der Waals surface area contributed by atoms with E-state index < -0.39 is 0 Å². The molecule has 1 aliphatic heterocycles. The summed E-state index contributed by atoms with van der Waals surface area (Å²) in [6.07, 6.45) is 0.885. The van der Waals surface area contributed by atoms with Crippen LogP contribution in [0.2, 0.25) is 5.02 Å². The molecule has 0 saturated carbocycles. The molecule has 0 aliphatic carbocycles. The third-order valence-electron chi connectivity index (χ3n) is 3.44. The van der Waals surface area contributed by atoms with Gasteiger partial charge >= 0.3 is 0 Å². The number of ether oxygens (including phenoxy) is 2. The lowest BCUT2D eigenvalue weighted by Crippen LogP contribution is -2.12. The first-order valence-corrected chi connectivity index (χ1v) is 8.31. The summed E-state index contributed by atoms with van der Waals surface area (Å²) >= 11 is 8.07. The normalized spacial score (nSPS) is 14.0. The predicted molar refractivity (Wildman–Crippen MR) is 86.7 cm³/mol. The lowest BCUT2D eigenvalue weighted by molar-refractivity contribution is 0.297. The van der Waals surface area contributed by atoms with Crippen LogP contribution in [0.3, 0.4) is 0 Å². The maximum Gasteiger partial charge on any atom is 0.179 e. The molecular weight excluding hydrogens is 306 g/mol. The van der Waals surface area contributed by atoms with Gasteiger partial charge in [0.2, 0.25) is 0 Å². The second-order valence-electron chi connectivity index (χ2n) is 5.09. The standard InChI is InChI=1S/C16H18ClNO2S/c1-11-3-6-21-15(11)10-18-9-12-7-13(17)16-14(8-12)19-4-2-5-20-16/h3,6-8,18H,2,4-5,9-10H2,1H3. The van der Waals surface area contributed by atoms with Crippen molar-refractivity contribution in [2.45, 2.75) is 26.4 Å². The van der Waals surface area contributed by atoms with Gasteiger partial charge in [0, 0.05) is 24.4 Å². The number of hydrogen-bond donors (Lipinski definition) is 1. The molecule has 3 nitrogen and oxygen atoms in total. The van der Waals surface area contributed by atoms with E-state index in [1.807, 2.05) is 12.1 Å². The number of benzene rings is 1.